The van der Waals surface area contributed by atoms with E-state index >= 15 is 0 Å². The minimum absolute atomic E-state index is 0.0347. The van der Waals surface area contributed by atoms with Crippen molar-refractivity contribution in [3.63, 3.8) is 0 Å². The largest absolute Gasteiger partial charge is 0.465 e. The van der Waals surface area contributed by atoms with Crippen molar-refractivity contribution in [2.75, 3.05) is 6.61 Å². The smallest absolute Gasteiger partial charge is 0.316 e. The molecule has 0 aliphatic carbocycles. The Morgan fingerprint density at radius 3 is 2.55 bits per heavy atom. The predicted octanol–water partition coefficient (Wildman–Crippen LogP) is 3.43. The van der Waals surface area contributed by atoms with E-state index in [0.29, 0.717) is 0 Å². The molecule has 0 N–H and O–H groups in total. The van der Waals surface area contributed by atoms with Gasteiger partial charge in [-0.05, 0) is 24.5 Å². The summed E-state index contributed by atoms with van der Waals surface area (Å²) in [5.41, 5.74) is 0.192. The van der Waals surface area contributed by atoms with Gasteiger partial charge >= 0.3 is 5.97 Å². The lowest BCUT2D eigenvalue weighted by Gasteiger charge is -2.18. The molecular weight excluding hydrogens is 283 g/mol. The van der Waals surface area contributed by atoms with Gasteiger partial charge in [0.1, 0.15) is 11.7 Å². The van der Waals surface area contributed by atoms with Crippen molar-refractivity contribution in [1.29, 1.82) is 0 Å². The summed E-state index contributed by atoms with van der Waals surface area (Å²) in [6.45, 7) is 5.40. The van der Waals surface area contributed by atoms with Crippen LogP contribution in [0.1, 0.15) is 26.3 Å². The van der Waals surface area contributed by atoms with Crippen molar-refractivity contribution in [2.24, 2.45) is 11.8 Å². The van der Waals surface area contributed by atoms with Crippen molar-refractivity contribution in [1.82, 2.24) is 0 Å². The van der Waals surface area contributed by atoms with Crippen LogP contribution in [0.4, 0.5) is 4.39 Å². The van der Waals surface area contributed by atoms with Gasteiger partial charge in [-0.25, -0.2) is 4.39 Å². The zero-order chi connectivity index (χ0) is 15.3. The first-order chi connectivity index (χ1) is 9.38. The summed E-state index contributed by atoms with van der Waals surface area (Å²) >= 11 is 5.67. The van der Waals surface area contributed by atoms with Gasteiger partial charge in [-0.15, -0.1) is 0 Å². The number of carbonyl (C=O) groups excluding carboxylic acids is 2. The van der Waals surface area contributed by atoms with Crippen LogP contribution in [0.3, 0.4) is 0 Å². The van der Waals surface area contributed by atoms with Crippen LogP contribution >= 0.6 is 11.6 Å². The molecule has 0 amide bonds. The number of Topliss-reactive ketones (excluding diaryl/α,β-unsaturated/α-hetero) is 1. The summed E-state index contributed by atoms with van der Waals surface area (Å²) in [5.74, 6) is -2.62. The number of benzene rings is 1. The van der Waals surface area contributed by atoms with Crippen LogP contribution in [0.5, 0.6) is 0 Å². The maximum atomic E-state index is 13.8. The van der Waals surface area contributed by atoms with Crippen LogP contribution in [0.2, 0.25) is 5.02 Å². The van der Waals surface area contributed by atoms with Crippen LogP contribution in [0.25, 0.3) is 0 Å². The van der Waals surface area contributed by atoms with E-state index in [2.05, 4.69) is 0 Å². The second kappa shape index (κ2) is 7.39. The maximum Gasteiger partial charge on any atom is 0.316 e. The first-order valence-electron chi connectivity index (χ1n) is 6.50. The van der Waals surface area contributed by atoms with Gasteiger partial charge in [-0.2, -0.15) is 0 Å². The highest BCUT2D eigenvalue weighted by atomic mass is 35.5. The zero-order valence-electron chi connectivity index (χ0n) is 11.8. The lowest BCUT2D eigenvalue weighted by molar-refractivity contribution is -0.153. The minimum atomic E-state index is -0.881. The summed E-state index contributed by atoms with van der Waals surface area (Å²) in [6, 6.07) is 4.47. The van der Waals surface area contributed by atoms with Crippen molar-refractivity contribution in [3.05, 3.63) is 34.6 Å². The third kappa shape index (κ3) is 4.04. The molecule has 1 aromatic carbocycles. The van der Waals surface area contributed by atoms with Crippen LogP contribution in [0.15, 0.2) is 18.2 Å². The average molecular weight is 301 g/mol. The van der Waals surface area contributed by atoms with Gasteiger partial charge in [0.25, 0.3) is 0 Å². The highest BCUT2D eigenvalue weighted by molar-refractivity contribution is 6.30. The molecule has 110 valence electrons. The normalized spacial score (nSPS) is 12.3. The molecule has 1 atom stereocenters. The van der Waals surface area contributed by atoms with Crippen LogP contribution in [-0.2, 0) is 20.7 Å². The van der Waals surface area contributed by atoms with E-state index in [9.17, 15) is 14.0 Å². The molecule has 1 unspecified atom stereocenters. The molecule has 0 heterocycles. The molecule has 0 radical (unpaired) electrons. The standard InChI is InChI=1S/C15H18ClFO3/c1-4-20-15(19)13(9(2)3)12(18)8-10-6-5-7-11(16)14(10)17/h5-7,9,13H,4,8H2,1-3H3. The van der Waals surface area contributed by atoms with E-state index in [1.807, 2.05) is 0 Å². The summed E-state index contributed by atoms with van der Waals surface area (Å²) < 4.78 is 18.7. The fraction of sp³-hybridized carbons (Fsp3) is 0.467. The Labute approximate surface area is 123 Å². The second-order valence-electron chi connectivity index (χ2n) is 4.83. The third-order valence-corrected chi connectivity index (χ3v) is 3.24. The van der Waals surface area contributed by atoms with Gasteiger partial charge in [0.2, 0.25) is 0 Å². The predicted molar refractivity (Wildman–Crippen MR) is 75.1 cm³/mol. The summed E-state index contributed by atoms with van der Waals surface area (Å²) in [7, 11) is 0. The van der Waals surface area contributed by atoms with Crippen molar-refractivity contribution in [3.8, 4) is 0 Å². The van der Waals surface area contributed by atoms with E-state index in [0.717, 1.165) is 0 Å². The fourth-order valence-corrected chi connectivity index (χ4v) is 2.18. The molecule has 0 spiro atoms. The average Bonchev–Trinajstić information content (AvgIpc) is 2.35. The maximum absolute atomic E-state index is 13.8. The monoisotopic (exact) mass is 300 g/mol. The molecule has 20 heavy (non-hydrogen) atoms. The molecule has 0 aromatic heterocycles. The quantitative estimate of drug-likeness (QED) is 0.597. The lowest BCUT2D eigenvalue weighted by atomic mass is 9.88. The molecule has 3 nitrogen and oxygen atoms in total. The molecular formula is C15H18ClFO3. The molecule has 0 bridgehead atoms. The summed E-state index contributed by atoms with van der Waals surface area (Å²) in [4.78, 5) is 24.0. The number of ether oxygens (including phenoxy) is 1. The number of esters is 1. The Morgan fingerprint density at radius 1 is 1.35 bits per heavy atom. The Hall–Kier alpha value is -1.42. The second-order valence-corrected chi connectivity index (χ2v) is 5.24. The Balaban J connectivity index is 2.91. The fourth-order valence-electron chi connectivity index (χ4n) is 1.99. The van der Waals surface area contributed by atoms with Crippen LogP contribution in [0, 0.1) is 17.7 Å². The van der Waals surface area contributed by atoms with Gasteiger partial charge in [0.05, 0.1) is 11.6 Å². The highest BCUT2D eigenvalue weighted by Crippen LogP contribution is 2.22. The van der Waals surface area contributed by atoms with Crippen molar-refractivity contribution >= 4 is 23.4 Å². The molecule has 0 aliphatic rings. The summed E-state index contributed by atoms with van der Waals surface area (Å²) in [5, 5.41) is -0.0347. The van der Waals surface area contributed by atoms with E-state index in [-0.39, 0.29) is 35.3 Å². The Kier molecular flexibility index (Phi) is 6.14. The first kappa shape index (κ1) is 16.6. The third-order valence-electron chi connectivity index (χ3n) is 2.95. The van der Waals surface area contributed by atoms with Gasteiger partial charge in [-0.3, -0.25) is 9.59 Å². The molecule has 0 saturated carbocycles. The Bertz CT molecular complexity index is 500. The number of hydrogen-bond acceptors (Lipinski definition) is 3. The minimum Gasteiger partial charge on any atom is -0.465 e. The number of carbonyl (C=O) groups is 2. The number of hydrogen-bond donors (Lipinski definition) is 0. The molecule has 5 heteroatoms. The van der Waals surface area contributed by atoms with Crippen molar-refractivity contribution in [2.45, 2.75) is 27.2 Å². The highest BCUT2D eigenvalue weighted by Gasteiger charge is 2.31. The lowest BCUT2D eigenvalue weighted by Crippen LogP contribution is -2.32. The van der Waals surface area contributed by atoms with Crippen LogP contribution in [-0.4, -0.2) is 18.4 Å². The number of rotatable bonds is 6. The van der Waals surface area contributed by atoms with E-state index in [4.69, 9.17) is 16.3 Å². The molecule has 0 aliphatic heterocycles. The van der Waals surface area contributed by atoms with Crippen molar-refractivity contribution < 1.29 is 18.7 Å². The van der Waals surface area contributed by atoms with Crippen LogP contribution < -0.4 is 0 Å². The van der Waals surface area contributed by atoms with E-state index in [1.165, 1.54) is 12.1 Å². The number of ketones is 1. The molecule has 0 fully saturated rings. The van der Waals surface area contributed by atoms with Gasteiger partial charge in [0.15, 0.2) is 5.78 Å². The molecule has 1 aromatic rings. The molecule has 0 saturated heterocycles. The van der Waals surface area contributed by atoms with Gasteiger partial charge in [0, 0.05) is 6.42 Å². The Morgan fingerprint density at radius 2 is 2.00 bits per heavy atom. The van der Waals surface area contributed by atoms with E-state index < -0.39 is 17.7 Å². The topological polar surface area (TPSA) is 43.4 Å². The van der Waals surface area contributed by atoms with E-state index in [1.54, 1.807) is 26.8 Å². The first-order valence-corrected chi connectivity index (χ1v) is 6.88. The zero-order valence-corrected chi connectivity index (χ0v) is 12.5. The van der Waals surface area contributed by atoms with Gasteiger partial charge in [-0.1, -0.05) is 37.6 Å². The summed E-state index contributed by atoms with van der Waals surface area (Å²) in [6.07, 6.45) is -0.173. The number of halogens is 2. The van der Waals surface area contributed by atoms with Gasteiger partial charge < -0.3 is 4.74 Å². The SMILES string of the molecule is CCOC(=O)C(C(=O)Cc1cccc(Cl)c1F)C(C)C. The molecule has 1 rings (SSSR count).